The minimum Gasteiger partial charge on any atom is -0.496 e. The molecule has 0 fully saturated rings. The normalized spacial score (nSPS) is 10.9. The van der Waals surface area contributed by atoms with Crippen molar-refractivity contribution in [2.75, 3.05) is 7.11 Å². The van der Waals surface area contributed by atoms with E-state index in [9.17, 15) is 4.79 Å². The number of fused-ring (bicyclic) bond motifs is 1. The standard InChI is InChI=1S/C21H19NO2/c1-24-20-9-5-4-7-18(20)12-13-21(23)22-15-16-10-11-17-6-2-3-8-19(17)14-16/h2-14H,15H2,1H3,(H,22,23)/b13-12+. The van der Waals surface area contributed by atoms with Crippen LogP contribution in [0.2, 0.25) is 0 Å². The number of hydrogen-bond acceptors (Lipinski definition) is 2. The number of nitrogens with one attached hydrogen (secondary N) is 1. The van der Waals surface area contributed by atoms with Crippen LogP contribution >= 0.6 is 0 Å². The van der Waals surface area contributed by atoms with Gasteiger partial charge in [0, 0.05) is 18.2 Å². The fourth-order valence-electron chi connectivity index (χ4n) is 2.57. The maximum atomic E-state index is 12.0. The van der Waals surface area contributed by atoms with Gasteiger partial charge in [-0.05, 0) is 34.5 Å². The monoisotopic (exact) mass is 317 g/mol. The Hall–Kier alpha value is -3.07. The van der Waals surface area contributed by atoms with Crippen molar-refractivity contribution in [1.82, 2.24) is 5.32 Å². The van der Waals surface area contributed by atoms with Crippen molar-refractivity contribution < 1.29 is 9.53 Å². The molecule has 0 saturated heterocycles. The lowest BCUT2D eigenvalue weighted by molar-refractivity contribution is -0.116. The lowest BCUT2D eigenvalue weighted by Gasteiger charge is -2.05. The van der Waals surface area contributed by atoms with Crippen molar-refractivity contribution in [2.24, 2.45) is 0 Å². The molecule has 0 aliphatic carbocycles. The molecule has 3 aromatic carbocycles. The van der Waals surface area contributed by atoms with Crippen molar-refractivity contribution in [3.05, 3.63) is 83.9 Å². The molecule has 0 aliphatic rings. The van der Waals surface area contributed by atoms with Crippen LogP contribution in [0.5, 0.6) is 5.75 Å². The van der Waals surface area contributed by atoms with E-state index in [2.05, 4.69) is 29.6 Å². The van der Waals surface area contributed by atoms with Crippen LogP contribution in [0.15, 0.2) is 72.8 Å². The van der Waals surface area contributed by atoms with Crippen molar-refractivity contribution in [3.63, 3.8) is 0 Å². The third-order valence-electron chi connectivity index (χ3n) is 3.83. The molecule has 0 spiro atoms. The number of methoxy groups -OCH3 is 1. The van der Waals surface area contributed by atoms with Crippen LogP contribution in [-0.4, -0.2) is 13.0 Å². The minimum absolute atomic E-state index is 0.130. The molecule has 0 saturated carbocycles. The van der Waals surface area contributed by atoms with E-state index >= 15 is 0 Å². The van der Waals surface area contributed by atoms with Gasteiger partial charge in [-0.25, -0.2) is 0 Å². The minimum atomic E-state index is -0.130. The van der Waals surface area contributed by atoms with Crippen molar-refractivity contribution in [2.45, 2.75) is 6.54 Å². The second-order valence-electron chi connectivity index (χ2n) is 5.47. The van der Waals surface area contributed by atoms with E-state index < -0.39 is 0 Å². The molecule has 0 bridgehead atoms. The summed E-state index contributed by atoms with van der Waals surface area (Å²) in [5, 5.41) is 5.28. The number of benzene rings is 3. The highest BCUT2D eigenvalue weighted by Gasteiger charge is 2.01. The van der Waals surface area contributed by atoms with Gasteiger partial charge in [0.05, 0.1) is 7.11 Å². The first-order valence-corrected chi connectivity index (χ1v) is 7.83. The molecule has 1 N–H and O–H groups in total. The third kappa shape index (κ3) is 3.82. The predicted octanol–water partition coefficient (Wildman–Crippen LogP) is 4.18. The fraction of sp³-hybridized carbons (Fsp3) is 0.0952. The van der Waals surface area contributed by atoms with Crippen LogP contribution in [0, 0.1) is 0 Å². The molecule has 1 amide bonds. The lowest BCUT2D eigenvalue weighted by Crippen LogP contribution is -2.20. The van der Waals surface area contributed by atoms with Crippen molar-refractivity contribution >= 4 is 22.8 Å². The van der Waals surface area contributed by atoms with Crippen molar-refractivity contribution in [3.8, 4) is 5.75 Å². The van der Waals surface area contributed by atoms with Gasteiger partial charge in [0.2, 0.25) is 5.91 Å². The number of amides is 1. The van der Waals surface area contributed by atoms with Gasteiger partial charge >= 0.3 is 0 Å². The molecule has 24 heavy (non-hydrogen) atoms. The number of para-hydroxylation sites is 1. The Morgan fingerprint density at radius 1 is 1.00 bits per heavy atom. The summed E-state index contributed by atoms with van der Waals surface area (Å²) >= 11 is 0. The molecule has 3 aromatic rings. The Morgan fingerprint density at radius 3 is 2.58 bits per heavy atom. The fourth-order valence-corrected chi connectivity index (χ4v) is 2.57. The van der Waals surface area contributed by atoms with Crippen LogP contribution in [0.25, 0.3) is 16.8 Å². The highest BCUT2D eigenvalue weighted by molar-refractivity contribution is 5.92. The largest absolute Gasteiger partial charge is 0.496 e. The van der Waals surface area contributed by atoms with E-state index in [0.29, 0.717) is 6.54 Å². The summed E-state index contributed by atoms with van der Waals surface area (Å²) in [6, 6.07) is 22.0. The zero-order chi connectivity index (χ0) is 16.8. The summed E-state index contributed by atoms with van der Waals surface area (Å²) in [7, 11) is 1.62. The number of rotatable bonds is 5. The summed E-state index contributed by atoms with van der Waals surface area (Å²) in [4.78, 5) is 12.0. The van der Waals surface area contributed by atoms with Gasteiger partial charge < -0.3 is 10.1 Å². The van der Waals surface area contributed by atoms with Gasteiger partial charge in [0.1, 0.15) is 5.75 Å². The molecule has 0 aliphatic heterocycles. The first-order chi connectivity index (χ1) is 11.8. The Morgan fingerprint density at radius 2 is 1.75 bits per heavy atom. The average Bonchev–Trinajstić information content (AvgIpc) is 2.64. The quantitative estimate of drug-likeness (QED) is 0.717. The first kappa shape index (κ1) is 15.8. The predicted molar refractivity (Wildman–Crippen MR) is 97.8 cm³/mol. The molecule has 120 valence electrons. The molecule has 0 atom stereocenters. The summed E-state index contributed by atoms with van der Waals surface area (Å²) < 4.78 is 5.26. The molecule has 0 radical (unpaired) electrons. The van der Waals surface area contributed by atoms with Gasteiger partial charge in [0.25, 0.3) is 0 Å². The zero-order valence-corrected chi connectivity index (χ0v) is 13.5. The SMILES string of the molecule is COc1ccccc1/C=C/C(=O)NCc1ccc2ccccc2c1. The van der Waals surface area contributed by atoms with E-state index in [1.165, 1.54) is 16.8 Å². The van der Waals surface area contributed by atoms with Crippen LogP contribution < -0.4 is 10.1 Å². The lowest BCUT2D eigenvalue weighted by atomic mass is 10.1. The smallest absolute Gasteiger partial charge is 0.244 e. The summed E-state index contributed by atoms with van der Waals surface area (Å²) in [5.41, 5.74) is 1.95. The van der Waals surface area contributed by atoms with E-state index in [1.807, 2.05) is 42.5 Å². The van der Waals surface area contributed by atoms with E-state index in [0.717, 1.165) is 16.9 Å². The zero-order valence-electron chi connectivity index (χ0n) is 13.5. The third-order valence-corrected chi connectivity index (χ3v) is 3.83. The van der Waals surface area contributed by atoms with Crippen LogP contribution in [-0.2, 0) is 11.3 Å². The summed E-state index contributed by atoms with van der Waals surface area (Å²) in [6.07, 6.45) is 3.29. The number of carbonyl (C=O) groups is 1. The highest BCUT2D eigenvalue weighted by Crippen LogP contribution is 2.18. The maximum absolute atomic E-state index is 12.0. The maximum Gasteiger partial charge on any atom is 0.244 e. The van der Waals surface area contributed by atoms with Gasteiger partial charge in [0.15, 0.2) is 0 Å². The molecule has 0 aromatic heterocycles. The molecule has 3 nitrogen and oxygen atoms in total. The van der Waals surface area contributed by atoms with E-state index in [-0.39, 0.29) is 5.91 Å². The van der Waals surface area contributed by atoms with Gasteiger partial charge in [-0.2, -0.15) is 0 Å². The second-order valence-corrected chi connectivity index (χ2v) is 5.47. The van der Waals surface area contributed by atoms with Crippen LogP contribution in [0.1, 0.15) is 11.1 Å². The van der Waals surface area contributed by atoms with Gasteiger partial charge in [-0.3, -0.25) is 4.79 Å². The Kier molecular flexibility index (Phi) is 4.92. The van der Waals surface area contributed by atoms with E-state index in [1.54, 1.807) is 13.2 Å². The Balaban J connectivity index is 1.63. The van der Waals surface area contributed by atoms with Crippen LogP contribution in [0.3, 0.4) is 0 Å². The van der Waals surface area contributed by atoms with E-state index in [4.69, 9.17) is 4.74 Å². The van der Waals surface area contributed by atoms with Gasteiger partial charge in [-0.15, -0.1) is 0 Å². The molecule has 0 heterocycles. The molecule has 3 heteroatoms. The topological polar surface area (TPSA) is 38.3 Å². The highest BCUT2D eigenvalue weighted by atomic mass is 16.5. The summed E-state index contributed by atoms with van der Waals surface area (Å²) in [5.74, 6) is 0.616. The second kappa shape index (κ2) is 7.47. The number of ether oxygens (including phenoxy) is 1. The number of hydrogen-bond donors (Lipinski definition) is 1. The van der Waals surface area contributed by atoms with Crippen LogP contribution in [0.4, 0.5) is 0 Å². The van der Waals surface area contributed by atoms with Crippen molar-refractivity contribution in [1.29, 1.82) is 0 Å². The Labute approximate surface area is 141 Å². The first-order valence-electron chi connectivity index (χ1n) is 7.83. The molecule has 0 unspecified atom stereocenters. The summed E-state index contributed by atoms with van der Waals surface area (Å²) in [6.45, 7) is 0.500. The molecular formula is C21H19NO2. The Bertz CT molecular complexity index is 884. The molecule has 3 rings (SSSR count). The van der Waals surface area contributed by atoms with Gasteiger partial charge in [-0.1, -0.05) is 54.6 Å². The molecular weight excluding hydrogens is 298 g/mol. The average molecular weight is 317 g/mol. The number of carbonyl (C=O) groups excluding carboxylic acids is 1.